The van der Waals surface area contributed by atoms with Crippen molar-refractivity contribution < 1.29 is 31.9 Å². The first-order chi connectivity index (χ1) is 10.9. The topological polar surface area (TPSA) is 55.4 Å². The molecule has 120 valence electrons. The average molecular weight is 327 g/mol. The highest BCUT2D eigenvalue weighted by Crippen LogP contribution is 2.14. The predicted molar refractivity (Wildman–Crippen MR) is 71.6 cm³/mol. The van der Waals surface area contributed by atoms with E-state index in [4.69, 9.17) is 0 Å². The molecule has 0 fully saturated rings. The molecule has 2 rings (SSSR count). The number of nitrogens with one attached hydrogen (secondary N) is 1. The van der Waals surface area contributed by atoms with Gasteiger partial charge >= 0.3 is 5.97 Å². The number of halogens is 4. The Balaban J connectivity index is 1.96. The molecule has 0 aliphatic carbocycles. The Morgan fingerprint density at radius 1 is 0.913 bits per heavy atom. The Morgan fingerprint density at radius 3 is 2.17 bits per heavy atom. The van der Waals surface area contributed by atoms with Gasteiger partial charge in [-0.05, 0) is 24.3 Å². The van der Waals surface area contributed by atoms with Gasteiger partial charge in [-0.2, -0.15) is 0 Å². The average Bonchev–Trinajstić information content (AvgIpc) is 2.49. The molecule has 0 saturated carbocycles. The van der Waals surface area contributed by atoms with Crippen molar-refractivity contribution in [3.63, 3.8) is 0 Å². The molecule has 1 amide bonds. The van der Waals surface area contributed by atoms with Crippen molar-refractivity contribution in [2.45, 2.75) is 0 Å². The maximum Gasteiger partial charge on any atom is 0.344 e. The van der Waals surface area contributed by atoms with Gasteiger partial charge in [-0.3, -0.25) is 4.79 Å². The summed E-state index contributed by atoms with van der Waals surface area (Å²) in [6, 6.07) is 5.41. The normalized spacial score (nSPS) is 10.3. The van der Waals surface area contributed by atoms with Crippen LogP contribution in [0.1, 0.15) is 10.4 Å². The molecule has 0 atom stereocenters. The maximum absolute atomic E-state index is 13.3. The lowest BCUT2D eigenvalue weighted by molar-refractivity contribution is -0.119. The molecule has 0 heterocycles. The highest BCUT2D eigenvalue weighted by atomic mass is 19.2. The molecule has 0 aliphatic heterocycles. The quantitative estimate of drug-likeness (QED) is 0.694. The molecule has 0 saturated heterocycles. The molecule has 0 unspecified atom stereocenters. The molecule has 23 heavy (non-hydrogen) atoms. The molecule has 4 nitrogen and oxygen atoms in total. The number of esters is 1. The molecule has 0 aromatic heterocycles. The summed E-state index contributed by atoms with van der Waals surface area (Å²) in [5, 5.41) is 2.14. The van der Waals surface area contributed by atoms with Gasteiger partial charge in [0.15, 0.2) is 18.2 Å². The summed E-state index contributed by atoms with van der Waals surface area (Å²) in [6.07, 6.45) is 0. The van der Waals surface area contributed by atoms with Gasteiger partial charge in [0.1, 0.15) is 17.2 Å². The monoisotopic (exact) mass is 327 g/mol. The van der Waals surface area contributed by atoms with Crippen LogP contribution in [0, 0.1) is 23.3 Å². The van der Waals surface area contributed by atoms with Crippen molar-refractivity contribution >= 4 is 17.6 Å². The Hall–Kier alpha value is -2.90. The van der Waals surface area contributed by atoms with Crippen molar-refractivity contribution in [3.05, 3.63) is 65.2 Å². The Bertz CT molecular complexity index is 744. The van der Waals surface area contributed by atoms with Crippen LogP contribution in [0.25, 0.3) is 0 Å². The van der Waals surface area contributed by atoms with Gasteiger partial charge in [0, 0.05) is 11.8 Å². The Labute approximate surface area is 127 Å². The van der Waals surface area contributed by atoms with Crippen molar-refractivity contribution in [3.8, 4) is 0 Å². The van der Waals surface area contributed by atoms with E-state index in [0.29, 0.717) is 0 Å². The van der Waals surface area contributed by atoms with Gasteiger partial charge in [-0.25, -0.2) is 22.4 Å². The van der Waals surface area contributed by atoms with Crippen molar-refractivity contribution in [1.82, 2.24) is 0 Å². The standard InChI is InChI=1S/C15H9F4NO3/c16-9-5-4-8(6-12(9)19)20-13(21)7-23-15(22)14-10(17)2-1-3-11(14)18/h1-6H,7H2,(H,20,21). The molecular weight excluding hydrogens is 318 g/mol. The molecule has 0 radical (unpaired) electrons. The molecule has 8 heteroatoms. The summed E-state index contributed by atoms with van der Waals surface area (Å²) >= 11 is 0. The first-order valence-corrected chi connectivity index (χ1v) is 6.24. The zero-order valence-corrected chi connectivity index (χ0v) is 11.4. The summed E-state index contributed by atoms with van der Waals surface area (Å²) in [7, 11) is 0. The lowest BCUT2D eigenvalue weighted by Crippen LogP contribution is -2.22. The maximum atomic E-state index is 13.3. The number of rotatable bonds is 4. The summed E-state index contributed by atoms with van der Waals surface area (Å²) in [5.74, 6) is -6.77. The lowest BCUT2D eigenvalue weighted by Gasteiger charge is -2.08. The third-order valence-corrected chi connectivity index (χ3v) is 2.70. The van der Waals surface area contributed by atoms with E-state index in [1.807, 2.05) is 0 Å². The van der Waals surface area contributed by atoms with E-state index in [9.17, 15) is 27.2 Å². The molecule has 0 aliphatic rings. The number of hydrogen-bond donors (Lipinski definition) is 1. The van der Waals surface area contributed by atoms with E-state index in [1.54, 1.807) is 0 Å². The molecule has 0 spiro atoms. The Morgan fingerprint density at radius 2 is 1.57 bits per heavy atom. The van der Waals surface area contributed by atoms with Gasteiger partial charge in [0.05, 0.1) is 0 Å². The summed E-state index contributed by atoms with van der Waals surface area (Å²) in [6.45, 7) is -0.856. The minimum Gasteiger partial charge on any atom is -0.452 e. The summed E-state index contributed by atoms with van der Waals surface area (Å²) < 4.78 is 56.8. The second-order valence-electron chi connectivity index (χ2n) is 4.35. The van der Waals surface area contributed by atoms with E-state index in [0.717, 1.165) is 36.4 Å². The van der Waals surface area contributed by atoms with Crippen LogP contribution >= 0.6 is 0 Å². The van der Waals surface area contributed by atoms with E-state index >= 15 is 0 Å². The highest BCUT2D eigenvalue weighted by Gasteiger charge is 2.19. The van der Waals surface area contributed by atoms with Crippen molar-refractivity contribution in [2.24, 2.45) is 0 Å². The van der Waals surface area contributed by atoms with Crippen molar-refractivity contribution in [2.75, 3.05) is 11.9 Å². The number of amides is 1. The van der Waals surface area contributed by atoms with E-state index in [-0.39, 0.29) is 5.69 Å². The third kappa shape index (κ3) is 4.06. The number of anilines is 1. The summed E-state index contributed by atoms with van der Waals surface area (Å²) in [4.78, 5) is 23.1. The minimum atomic E-state index is -1.36. The van der Waals surface area contributed by atoms with Gasteiger partial charge in [-0.1, -0.05) is 6.07 Å². The number of ether oxygens (including phenoxy) is 1. The number of carbonyl (C=O) groups excluding carboxylic acids is 2. The van der Waals surface area contributed by atoms with Crippen LogP contribution < -0.4 is 5.32 Å². The fourth-order valence-corrected chi connectivity index (χ4v) is 1.67. The molecule has 2 aromatic carbocycles. The van der Waals surface area contributed by atoms with E-state index in [2.05, 4.69) is 10.1 Å². The van der Waals surface area contributed by atoms with Crippen LogP contribution in [0.2, 0.25) is 0 Å². The molecule has 1 N–H and O–H groups in total. The fourth-order valence-electron chi connectivity index (χ4n) is 1.67. The van der Waals surface area contributed by atoms with Crippen LogP contribution in [0.4, 0.5) is 23.2 Å². The van der Waals surface area contributed by atoms with Crippen LogP contribution in [0.15, 0.2) is 36.4 Å². The highest BCUT2D eigenvalue weighted by molar-refractivity contribution is 5.95. The van der Waals surface area contributed by atoms with Gasteiger partial charge < -0.3 is 10.1 Å². The molecular formula is C15H9F4NO3. The molecule has 0 bridgehead atoms. The van der Waals surface area contributed by atoms with E-state index < -0.39 is 47.3 Å². The predicted octanol–water partition coefficient (Wildman–Crippen LogP) is 3.04. The first kappa shape index (κ1) is 16.5. The van der Waals surface area contributed by atoms with Crippen LogP contribution in [0.5, 0.6) is 0 Å². The summed E-state index contributed by atoms with van der Waals surface area (Å²) in [5.41, 5.74) is -0.991. The second kappa shape index (κ2) is 6.91. The van der Waals surface area contributed by atoms with Crippen LogP contribution in [-0.2, 0) is 9.53 Å². The third-order valence-electron chi connectivity index (χ3n) is 2.70. The lowest BCUT2D eigenvalue weighted by atomic mass is 10.2. The van der Waals surface area contributed by atoms with Crippen LogP contribution in [-0.4, -0.2) is 18.5 Å². The smallest absolute Gasteiger partial charge is 0.344 e. The fraction of sp³-hybridized carbons (Fsp3) is 0.0667. The minimum absolute atomic E-state index is 0.0676. The zero-order valence-electron chi connectivity index (χ0n) is 11.4. The van der Waals surface area contributed by atoms with Gasteiger partial charge in [0.25, 0.3) is 5.91 Å². The number of benzene rings is 2. The largest absolute Gasteiger partial charge is 0.452 e. The molecule has 2 aromatic rings. The first-order valence-electron chi connectivity index (χ1n) is 6.24. The van der Waals surface area contributed by atoms with Crippen molar-refractivity contribution in [1.29, 1.82) is 0 Å². The van der Waals surface area contributed by atoms with E-state index in [1.165, 1.54) is 0 Å². The SMILES string of the molecule is O=C(COC(=O)c1c(F)cccc1F)Nc1ccc(F)c(F)c1. The van der Waals surface area contributed by atoms with Gasteiger partial charge in [-0.15, -0.1) is 0 Å². The number of carbonyl (C=O) groups is 2. The Kier molecular flexibility index (Phi) is 4.95. The van der Waals surface area contributed by atoms with Gasteiger partial charge in [0.2, 0.25) is 0 Å². The second-order valence-corrected chi connectivity index (χ2v) is 4.35. The zero-order chi connectivity index (χ0) is 17.0. The number of hydrogen-bond acceptors (Lipinski definition) is 3. The van der Waals surface area contributed by atoms with Crippen LogP contribution in [0.3, 0.4) is 0 Å².